The van der Waals surface area contributed by atoms with E-state index in [9.17, 15) is 0 Å². The normalized spacial score (nSPS) is 19.4. The van der Waals surface area contributed by atoms with Crippen molar-refractivity contribution in [3.8, 4) is 0 Å². The van der Waals surface area contributed by atoms with Gasteiger partial charge in [-0.3, -0.25) is 0 Å². The first-order valence-electron chi connectivity index (χ1n) is 31.1. The summed E-state index contributed by atoms with van der Waals surface area (Å²) < 4.78 is 2.83. The number of anilines is 9. The van der Waals surface area contributed by atoms with Crippen LogP contribution < -0.4 is 30.4 Å². The van der Waals surface area contributed by atoms with E-state index in [1.54, 1.807) is 0 Å². The maximum atomic E-state index is 2.74. The first-order chi connectivity index (χ1) is 38.3. The molecule has 82 heavy (non-hydrogen) atoms. The molecule has 0 bridgehead atoms. The summed E-state index contributed by atoms with van der Waals surface area (Å²) in [5.74, 6) is 0. The van der Waals surface area contributed by atoms with E-state index >= 15 is 0 Å². The molecule has 0 radical (unpaired) electrons. The van der Waals surface area contributed by atoms with Crippen molar-refractivity contribution in [3.05, 3.63) is 177 Å². The minimum atomic E-state index is 0.000688. The average Bonchev–Trinajstić information content (AvgIpc) is 2.28. The zero-order valence-corrected chi connectivity index (χ0v) is 54.0. The highest BCUT2D eigenvalue weighted by molar-refractivity contribution is 7.33. The molecule has 0 saturated carbocycles. The molecule has 422 valence electrons. The predicted octanol–water partition coefficient (Wildman–Crippen LogP) is 20.4. The molecule has 0 unspecified atom stereocenters. The van der Waals surface area contributed by atoms with Crippen LogP contribution >= 0.6 is 11.3 Å². The number of hydrogen-bond donors (Lipinski definition) is 0. The number of nitrogens with zero attached hydrogens (tertiary/aromatic N) is 3. The van der Waals surface area contributed by atoms with Crippen molar-refractivity contribution in [2.75, 3.05) is 14.7 Å². The number of hydrogen-bond acceptors (Lipinski definition) is 4. The largest absolute Gasteiger partial charge is 0.311 e. The summed E-state index contributed by atoms with van der Waals surface area (Å²) in [5.41, 5.74) is 27.3. The van der Waals surface area contributed by atoms with Gasteiger partial charge in [-0.25, -0.2) is 0 Å². The van der Waals surface area contributed by atoms with E-state index in [0.29, 0.717) is 0 Å². The standard InChI is InChI=1S/C77H90BN3S/c1-47-40-64-67-65(41-47)81(53-29-32-57-59(43-53)75(14,15)37-35-73(57,10)11)68-55-45-60-61(77(18,19)39-38-76(60,16)17)46-66(55)82-69(68)78(67)62-33-30-54(44-63(62)80(64)51-26-22-49(23-27-51)71(5,6)7)79(50-24-20-48(21-25-50)70(2,3)4)52-28-31-56-58(42-52)74(12,13)36-34-72(56,8)9/h20-33,40-46H,34-39H2,1-19H3. The maximum absolute atomic E-state index is 2.74. The van der Waals surface area contributed by atoms with Crippen LogP contribution in [-0.2, 0) is 43.3 Å². The van der Waals surface area contributed by atoms with E-state index in [4.69, 9.17) is 0 Å². The van der Waals surface area contributed by atoms with E-state index in [1.807, 2.05) is 0 Å². The molecule has 5 aliphatic rings. The molecular formula is C77H90BN3S. The van der Waals surface area contributed by atoms with Gasteiger partial charge in [-0.05, 0) is 235 Å². The van der Waals surface area contributed by atoms with Gasteiger partial charge in [-0.2, -0.15) is 0 Å². The molecule has 0 saturated heterocycles. The van der Waals surface area contributed by atoms with Crippen molar-refractivity contribution >= 4 is 95.0 Å². The molecule has 0 fully saturated rings. The summed E-state index contributed by atoms with van der Waals surface area (Å²) in [6.45, 7) is 45.9. The van der Waals surface area contributed by atoms with E-state index in [0.717, 1.165) is 5.69 Å². The summed E-state index contributed by atoms with van der Waals surface area (Å²) in [5, 5.41) is 1.39. The quantitative estimate of drug-likeness (QED) is 0.159. The fourth-order valence-corrected chi connectivity index (χ4v) is 16.8. The Morgan fingerprint density at radius 1 is 0.415 bits per heavy atom. The van der Waals surface area contributed by atoms with Gasteiger partial charge in [-0.1, -0.05) is 167 Å². The highest BCUT2D eigenvalue weighted by Crippen LogP contribution is 2.56. The molecular weight excluding hydrogens is 1010 g/mol. The van der Waals surface area contributed by atoms with E-state index in [1.165, 1.54) is 160 Å². The van der Waals surface area contributed by atoms with Crippen molar-refractivity contribution < 1.29 is 0 Å². The summed E-state index contributed by atoms with van der Waals surface area (Å²) >= 11 is 2.06. The lowest BCUT2D eigenvalue weighted by atomic mass is 9.36. The lowest BCUT2D eigenvalue weighted by molar-refractivity contribution is 0.332. The Labute approximate surface area is 497 Å². The van der Waals surface area contributed by atoms with E-state index in [-0.39, 0.29) is 50.0 Å². The third-order valence-electron chi connectivity index (χ3n) is 21.2. The Morgan fingerprint density at radius 2 is 0.841 bits per heavy atom. The van der Waals surface area contributed by atoms with Crippen LogP contribution in [0.4, 0.5) is 51.2 Å². The van der Waals surface area contributed by atoms with Gasteiger partial charge in [0.05, 0.1) is 5.69 Å². The second-order valence-corrected chi connectivity index (χ2v) is 33.0. The van der Waals surface area contributed by atoms with Crippen LogP contribution in [0.15, 0.2) is 127 Å². The predicted molar refractivity (Wildman–Crippen MR) is 359 cm³/mol. The topological polar surface area (TPSA) is 9.72 Å². The summed E-state index contributed by atoms with van der Waals surface area (Å²) in [6, 6.07) is 51.9. The minimum Gasteiger partial charge on any atom is -0.311 e. The third kappa shape index (κ3) is 8.60. The molecule has 13 rings (SSSR count). The fourth-order valence-electron chi connectivity index (χ4n) is 15.4. The number of thiophene rings is 1. The summed E-state index contributed by atoms with van der Waals surface area (Å²) in [4.78, 5) is 7.94. The first kappa shape index (κ1) is 55.2. The van der Waals surface area contributed by atoms with Crippen molar-refractivity contribution in [3.63, 3.8) is 0 Å². The Kier molecular flexibility index (Phi) is 12.1. The molecule has 0 amide bonds. The highest BCUT2D eigenvalue weighted by atomic mass is 32.1. The Hall–Kier alpha value is -6.04. The van der Waals surface area contributed by atoms with Gasteiger partial charge in [0, 0.05) is 60.4 Å². The number of fused-ring (bicyclic) bond motifs is 9. The van der Waals surface area contributed by atoms with Gasteiger partial charge < -0.3 is 14.7 Å². The monoisotopic (exact) mass is 1100 g/mol. The van der Waals surface area contributed by atoms with Crippen LogP contribution in [0.2, 0.25) is 0 Å². The zero-order valence-electron chi connectivity index (χ0n) is 53.2. The van der Waals surface area contributed by atoms with Crippen molar-refractivity contribution in [2.45, 2.75) is 213 Å². The van der Waals surface area contributed by atoms with Gasteiger partial charge in [0.15, 0.2) is 0 Å². The molecule has 0 spiro atoms. The van der Waals surface area contributed by atoms with Gasteiger partial charge in [0.1, 0.15) is 0 Å². The van der Waals surface area contributed by atoms with Crippen LogP contribution in [0.25, 0.3) is 10.1 Å². The molecule has 2 aliphatic heterocycles. The summed E-state index contributed by atoms with van der Waals surface area (Å²) in [6.07, 6.45) is 7.09. The van der Waals surface area contributed by atoms with Gasteiger partial charge in [0.25, 0.3) is 6.71 Å². The van der Waals surface area contributed by atoms with E-state index < -0.39 is 0 Å². The van der Waals surface area contributed by atoms with Crippen LogP contribution in [0.5, 0.6) is 0 Å². The molecule has 1 aromatic heterocycles. The van der Waals surface area contributed by atoms with E-state index in [2.05, 4.69) is 285 Å². The Bertz CT molecular complexity index is 3920. The molecule has 3 nitrogen and oxygen atoms in total. The van der Waals surface area contributed by atoms with Gasteiger partial charge in [-0.15, -0.1) is 11.3 Å². The second-order valence-electron chi connectivity index (χ2n) is 32.0. The molecule has 8 aromatic rings. The van der Waals surface area contributed by atoms with Gasteiger partial charge >= 0.3 is 0 Å². The number of aryl methyl sites for hydroxylation is 1. The number of benzene rings is 7. The highest BCUT2D eigenvalue weighted by Gasteiger charge is 2.48. The molecule has 0 atom stereocenters. The smallest absolute Gasteiger partial charge is 0.264 e. The van der Waals surface area contributed by atoms with Crippen molar-refractivity contribution in [1.29, 1.82) is 0 Å². The Balaban J connectivity index is 1.11. The van der Waals surface area contributed by atoms with Crippen LogP contribution in [-0.4, -0.2) is 6.71 Å². The number of rotatable bonds is 5. The summed E-state index contributed by atoms with van der Waals surface area (Å²) in [7, 11) is 0. The molecule has 0 N–H and O–H groups in total. The molecule has 3 aliphatic carbocycles. The zero-order chi connectivity index (χ0) is 58.4. The lowest BCUT2D eigenvalue weighted by Crippen LogP contribution is -2.60. The third-order valence-corrected chi connectivity index (χ3v) is 22.4. The Morgan fingerprint density at radius 3 is 1.39 bits per heavy atom. The second kappa shape index (κ2) is 18.0. The van der Waals surface area contributed by atoms with Crippen LogP contribution in [0, 0.1) is 6.92 Å². The first-order valence-corrected chi connectivity index (χ1v) is 31.9. The van der Waals surface area contributed by atoms with Gasteiger partial charge in [0.2, 0.25) is 0 Å². The SMILES string of the molecule is Cc1cc2c3c(c1)N(c1ccc4c(c1)C(C)(C)CCC4(C)C)c1c(sc4cc5c(cc14)C(C)(C)CCC5(C)C)B3c1ccc(N(c3ccc(C(C)(C)C)cc3)c3ccc4c(c3)C(C)(C)CCC4(C)C)cc1N2c1ccc(C(C)(C)C)cc1. The van der Waals surface area contributed by atoms with Crippen LogP contribution in [0.1, 0.15) is 213 Å². The average molecular weight is 1100 g/mol. The maximum Gasteiger partial charge on any atom is 0.264 e. The minimum absolute atomic E-state index is 0.000688. The molecule has 5 heteroatoms. The van der Waals surface area contributed by atoms with Crippen molar-refractivity contribution in [2.24, 2.45) is 0 Å². The van der Waals surface area contributed by atoms with Crippen molar-refractivity contribution in [1.82, 2.24) is 0 Å². The van der Waals surface area contributed by atoms with Crippen LogP contribution in [0.3, 0.4) is 0 Å². The fraction of sp³-hybridized carbons (Fsp3) is 0.429. The molecule has 3 heterocycles. The molecule has 7 aromatic carbocycles. The lowest BCUT2D eigenvalue weighted by Gasteiger charge is -2.45.